The van der Waals surface area contributed by atoms with E-state index in [1.54, 1.807) is 6.92 Å². The molecule has 1 aromatic heterocycles. The third-order valence-corrected chi connectivity index (χ3v) is 7.15. The zero-order valence-corrected chi connectivity index (χ0v) is 15.4. The van der Waals surface area contributed by atoms with Gasteiger partial charge in [0.1, 0.15) is 5.82 Å². The zero-order chi connectivity index (χ0) is 18.3. The number of sulfonamides is 1. The summed E-state index contributed by atoms with van der Waals surface area (Å²) in [6.07, 6.45) is 1.75. The molecule has 6 heteroatoms. The first-order valence-corrected chi connectivity index (χ1v) is 10.2. The number of aryl methyl sites for hydroxylation is 1. The second kappa shape index (κ2) is 6.52. The van der Waals surface area contributed by atoms with E-state index in [1.165, 1.54) is 22.5 Å². The standard InChI is InChI=1S/C20H21FN2O2S/c1-14-11-17(21)8-9-20(14)26(24,25)23-10-4-6-16(13-23)19-12-15-5-2-3-7-18(15)22-19/h2-3,5,7-9,11-12,16,22H,4,6,10,13H2,1H3. The van der Waals surface area contributed by atoms with Gasteiger partial charge in [-0.1, -0.05) is 18.2 Å². The first kappa shape index (κ1) is 17.2. The number of nitrogens with one attached hydrogen (secondary N) is 1. The Kier molecular flexibility index (Phi) is 4.32. The second-order valence-electron chi connectivity index (χ2n) is 6.92. The Hall–Kier alpha value is -2.18. The number of rotatable bonds is 3. The van der Waals surface area contributed by atoms with Crippen LogP contribution in [0.4, 0.5) is 4.39 Å². The first-order chi connectivity index (χ1) is 12.4. The molecule has 3 aromatic rings. The molecule has 0 spiro atoms. The van der Waals surface area contributed by atoms with Gasteiger partial charge >= 0.3 is 0 Å². The number of nitrogens with zero attached hydrogens (tertiary/aromatic N) is 1. The molecule has 0 radical (unpaired) electrons. The molecule has 2 heterocycles. The van der Waals surface area contributed by atoms with Crippen molar-refractivity contribution in [2.24, 2.45) is 0 Å². The number of halogens is 1. The van der Waals surface area contributed by atoms with E-state index in [2.05, 4.69) is 17.1 Å². The maximum atomic E-state index is 13.4. The number of aromatic amines is 1. The fourth-order valence-electron chi connectivity index (χ4n) is 3.77. The molecule has 0 aliphatic carbocycles. The van der Waals surface area contributed by atoms with Gasteiger partial charge < -0.3 is 4.98 Å². The van der Waals surface area contributed by atoms with Gasteiger partial charge in [0.2, 0.25) is 10.0 Å². The second-order valence-corrected chi connectivity index (χ2v) is 8.83. The van der Waals surface area contributed by atoms with Crippen LogP contribution in [0, 0.1) is 12.7 Å². The van der Waals surface area contributed by atoms with Crippen molar-refractivity contribution in [3.8, 4) is 0 Å². The average Bonchev–Trinajstić information content (AvgIpc) is 3.06. The summed E-state index contributed by atoms with van der Waals surface area (Å²) in [6.45, 7) is 2.57. The van der Waals surface area contributed by atoms with Crippen LogP contribution in [0.25, 0.3) is 10.9 Å². The molecule has 4 nitrogen and oxygen atoms in total. The van der Waals surface area contributed by atoms with Gasteiger partial charge in [-0.05, 0) is 61.0 Å². The topological polar surface area (TPSA) is 53.2 Å². The molecule has 1 saturated heterocycles. The van der Waals surface area contributed by atoms with Crippen molar-refractivity contribution in [1.82, 2.24) is 9.29 Å². The lowest BCUT2D eigenvalue weighted by Crippen LogP contribution is -2.39. The lowest BCUT2D eigenvalue weighted by molar-refractivity contribution is 0.313. The van der Waals surface area contributed by atoms with Gasteiger partial charge in [0.25, 0.3) is 0 Å². The molecule has 1 fully saturated rings. The van der Waals surface area contributed by atoms with E-state index < -0.39 is 15.8 Å². The van der Waals surface area contributed by atoms with Crippen LogP contribution >= 0.6 is 0 Å². The van der Waals surface area contributed by atoms with Gasteiger partial charge in [-0.2, -0.15) is 4.31 Å². The molecule has 1 N–H and O–H groups in total. The van der Waals surface area contributed by atoms with Gasteiger partial charge in [-0.15, -0.1) is 0 Å². The van der Waals surface area contributed by atoms with Crippen molar-refractivity contribution in [1.29, 1.82) is 0 Å². The quantitative estimate of drug-likeness (QED) is 0.750. The Labute approximate surface area is 152 Å². The number of para-hydroxylation sites is 1. The smallest absolute Gasteiger partial charge is 0.243 e. The highest BCUT2D eigenvalue weighted by atomic mass is 32.2. The van der Waals surface area contributed by atoms with E-state index in [-0.39, 0.29) is 10.8 Å². The molecule has 2 aromatic carbocycles. The predicted molar refractivity (Wildman–Crippen MR) is 100 cm³/mol. The van der Waals surface area contributed by atoms with Gasteiger partial charge in [0.05, 0.1) is 4.90 Å². The van der Waals surface area contributed by atoms with Crippen LogP contribution in [0.2, 0.25) is 0 Å². The third kappa shape index (κ3) is 3.04. The lowest BCUT2D eigenvalue weighted by Gasteiger charge is -2.32. The normalized spacial score (nSPS) is 19.1. The van der Waals surface area contributed by atoms with E-state index in [0.29, 0.717) is 18.7 Å². The average molecular weight is 372 g/mol. The Morgan fingerprint density at radius 2 is 1.96 bits per heavy atom. The molecular formula is C20H21FN2O2S. The van der Waals surface area contributed by atoms with Crippen molar-refractivity contribution in [3.63, 3.8) is 0 Å². The molecule has 0 saturated carbocycles. The van der Waals surface area contributed by atoms with Gasteiger partial charge in [0, 0.05) is 30.2 Å². The van der Waals surface area contributed by atoms with Gasteiger partial charge in [-0.25, -0.2) is 12.8 Å². The number of benzene rings is 2. The lowest BCUT2D eigenvalue weighted by atomic mass is 9.96. The molecule has 0 amide bonds. The summed E-state index contributed by atoms with van der Waals surface area (Å²) >= 11 is 0. The number of hydrogen-bond donors (Lipinski definition) is 1. The van der Waals surface area contributed by atoms with Crippen LogP contribution in [-0.4, -0.2) is 30.8 Å². The molecule has 1 aliphatic heterocycles. The van der Waals surface area contributed by atoms with Crippen LogP contribution in [0.5, 0.6) is 0 Å². The monoisotopic (exact) mass is 372 g/mol. The van der Waals surface area contributed by atoms with E-state index in [1.807, 2.05) is 18.2 Å². The SMILES string of the molecule is Cc1cc(F)ccc1S(=O)(=O)N1CCCC(c2cc3ccccc3[nH]2)C1. The minimum absolute atomic E-state index is 0.131. The minimum atomic E-state index is -3.63. The highest BCUT2D eigenvalue weighted by molar-refractivity contribution is 7.89. The van der Waals surface area contributed by atoms with Crippen molar-refractivity contribution < 1.29 is 12.8 Å². The predicted octanol–water partition coefficient (Wildman–Crippen LogP) is 4.18. The summed E-state index contributed by atoms with van der Waals surface area (Å²) in [5.41, 5.74) is 2.58. The fraction of sp³-hybridized carbons (Fsp3) is 0.300. The molecule has 1 atom stereocenters. The summed E-state index contributed by atoms with van der Waals surface area (Å²) < 4.78 is 41.0. The van der Waals surface area contributed by atoms with E-state index >= 15 is 0 Å². The molecule has 4 rings (SSSR count). The highest BCUT2D eigenvalue weighted by Crippen LogP contribution is 2.32. The van der Waals surface area contributed by atoms with Crippen molar-refractivity contribution in [3.05, 3.63) is 65.6 Å². The van der Waals surface area contributed by atoms with Crippen molar-refractivity contribution in [2.45, 2.75) is 30.6 Å². The van der Waals surface area contributed by atoms with Crippen LogP contribution in [0.1, 0.15) is 30.0 Å². The first-order valence-electron chi connectivity index (χ1n) is 8.79. The summed E-state index contributed by atoms with van der Waals surface area (Å²) in [5, 5.41) is 1.14. The van der Waals surface area contributed by atoms with Crippen LogP contribution in [0.15, 0.2) is 53.4 Å². The van der Waals surface area contributed by atoms with E-state index in [9.17, 15) is 12.8 Å². The molecule has 136 valence electrons. The molecular weight excluding hydrogens is 351 g/mol. The maximum absolute atomic E-state index is 13.4. The molecule has 1 aliphatic rings. The van der Waals surface area contributed by atoms with E-state index in [0.717, 1.165) is 29.4 Å². The Bertz CT molecular complexity index is 1030. The molecule has 26 heavy (non-hydrogen) atoms. The number of aromatic nitrogens is 1. The van der Waals surface area contributed by atoms with Gasteiger partial charge in [-0.3, -0.25) is 0 Å². The maximum Gasteiger partial charge on any atom is 0.243 e. The summed E-state index contributed by atoms with van der Waals surface area (Å²) in [7, 11) is -3.63. The van der Waals surface area contributed by atoms with Gasteiger partial charge in [0.15, 0.2) is 0 Å². The summed E-state index contributed by atoms with van der Waals surface area (Å²) in [6, 6.07) is 14.0. The summed E-state index contributed by atoms with van der Waals surface area (Å²) in [5.74, 6) is -0.289. The zero-order valence-electron chi connectivity index (χ0n) is 14.6. The van der Waals surface area contributed by atoms with Crippen LogP contribution in [-0.2, 0) is 10.0 Å². The highest BCUT2D eigenvalue weighted by Gasteiger charge is 2.32. The Morgan fingerprint density at radius 1 is 1.15 bits per heavy atom. The molecule has 1 unspecified atom stereocenters. The Balaban J connectivity index is 1.63. The van der Waals surface area contributed by atoms with E-state index in [4.69, 9.17) is 0 Å². The Morgan fingerprint density at radius 3 is 2.73 bits per heavy atom. The summed E-state index contributed by atoms with van der Waals surface area (Å²) in [4.78, 5) is 3.62. The number of fused-ring (bicyclic) bond motifs is 1. The van der Waals surface area contributed by atoms with Crippen molar-refractivity contribution >= 4 is 20.9 Å². The fourth-order valence-corrected chi connectivity index (χ4v) is 5.50. The number of piperidine rings is 1. The number of H-pyrrole nitrogens is 1. The third-order valence-electron chi connectivity index (χ3n) is 5.13. The molecule has 0 bridgehead atoms. The largest absolute Gasteiger partial charge is 0.358 e. The van der Waals surface area contributed by atoms with Crippen LogP contribution < -0.4 is 0 Å². The van der Waals surface area contributed by atoms with Crippen molar-refractivity contribution in [2.75, 3.05) is 13.1 Å². The minimum Gasteiger partial charge on any atom is -0.358 e. The van der Waals surface area contributed by atoms with Crippen LogP contribution in [0.3, 0.4) is 0 Å². The number of hydrogen-bond acceptors (Lipinski definition) is 2.